The van der Waals surface area contributed by atoms with Crippen LogP contribution in [0, 0.1) is 29.1 Å². The number of para-hydroxylation sites is 1. The van der Waals surface area contributed by atoms with Gasteiger partial charge in [-0.1, -0.05) is 36.6 Å². The van der Waals surface area contributed by atoms with Crippen LogP contribution in [0.25, 0.3) is 0 Å². The predicted octanol–water partition coefficient (Wildman–Crippen LogP) is 4.65. The van der Waals surface area contributed by atoms with E-state index in [2.05, 4.69) is 16.7 Å². The SMILES string of the molecule is N#Cc1cccc(N2C[C@H](NC(=O)[C@@H](CC3CC3)[C@@H](CCC(F)(F)F)C(N)=O)C(=O)Nc3c(Cl)cccc32)c1. The third-order valence-corrected chi connectivity index (χ3v) is 7.34. The minimum Gasteiger partial charge on any atom is -0.369 e. The van der Waals surface area contributed by atoms with E-state index < -0.39 is 54.6 Å². The van der Waals surface area contributed by atoms with Crippen LogP contribution in [0.3, 0.4) is 0 Å². The van der Waals surface area contributed by atoms with Crippen LogP contribution in [0.15, 0.2) is 42.5 Å². The van der Waals surface area contributed by atoms with Gasteiger partial charge in [0.05, 0.1) is 34.6 Å². The Bertz CT molecular complexity index is 1310. The molecule has 1 aliphatic heterocycles. The topological polar surface area (TPSA) is 128 Å². The van der Waals surface area contributed by atoms with Gasteiger partial charge < -0.3 is 21.3 Å². The van der Waals surface area contributed by atoms with Crippen molar-refractivity contribution >= 4 is 46.4 Å². The van der Waals surface area contributed by atoms with Crippen molar-refractivity contribution in [3.8, 4) is 6.07 Å². The normalized spacial score (nSPS) is 18.7. The third-order valence-electron chi connectivity index (χ3n) is 7.03. The van der Waals surface area contributed by atoms with Crippen molar-refractivity contribution in [3.63, 3.8) is 0 Å². The van der Waals surface area contributed by atoms with Gasteiger partial charge in [0.25, 0.3) is 0 Å². The van der Waals surface area contributed by atoms with Crippen LogP contribution < -0.4 is 21.3 Å². The number of hydrogen-bond donors (Lipinski definition) is 3. The molecule has 2 aliphatic rings. The number of halogens is 4. The Balaban J connectivity index is 1.64. The highest BCUT2D eigenvalue weighted by Crippen LogP contribution is 2.41. The standard InChI is InChI=1S/C27H27ClF3N5O3/c28-20-5-2-6-22-23(20)35-26(39)21(14-36(22)17-4-1-3-16(11-17)13-32)34-25(38)19(12-15-7-8-15)18(24(33)37)9-10-27(29,30)31/h1-6,11,15,18-19,21H,7-10,12,14H2,(H2,33,37)(H,34,38)(H,35,39)/t18-,19+,21+/m1/s1. The number of alkyl halides is 3. The largest absolute Gasteiger partial charge is 0.389 e. The van der Waals surface area contributed by atoms with Crippen LogP contribution in [0.2, 0.25) is 5.02 Å². The molecule has 1 aliphatic carbocycles. The van der Waals surface area contributed by atoms with E-state index in [9.17, 15) is 32.8 Å². The molecule has 1 saturated carbocycles. The van der Waals surface area contributed by atoms with Crippen molar-refractivity contribution in [2.45, 2.75) is 44.3 Å². The second-order valence-electron chi connectivity index (χ2n) is 9.91. The number of fused-ring (bicyclic) bond motifs is 1. The van der Waals surface area contributed by atoms with Crippen LogP contribution in [0.5, 0.6) is 0 Å². The minimum absolute atomic E-state index is 0.0697. The summed E-state index contributed by atoms with van der Waals surface area (Å²) in [5.74, 6) is -4.64. The minimum atomic E-state index is -4.51. The van der Waals surface area contributed by atoms with Crippen LogP contribution in [0.1, 0.15) is 37.7 Å². The lowest BCUT2D eigenvalue weighted by atomic mass is 9.83. The average Bonchev–Trinajstić information content (AvgIpc) is 3.71. The zero-order valence-corrected chi connectivity index (χ0v) is 21.6. The fourth-order valence-corrected chi connectivity index (χ4v) is 5.06. The molecule has 0 radical (unpaired) electrons. The molecule has 4 rings (SSSR count). The van der Waals surface area contributed by atoms with Crippen LogP contribution in [0.4, 0.5) is 30.2 Å². The number of nitrogens with two attached hydrogens (primary N) is 1. The van der Waals surface area contributed by atoms with Gasteiger partial charge in [0.15, 0.2) is 0 Å². The molecule has 1 fully saturated rings. The molecule has 2 aromatic carbocycles. The van der Waals surface area contributed by atoms with Gasteiger partial charge in [-0.05, 0) is 49.1 Å². The maximum absolute atomic E-state index is 13.5. The summed E-state index contributed by atoms with van der Waals surface area (Å²) in [6.45, 7) is -0.0697. The molecule has 12 heteroatoms. The Morgan fingerprint density at radius 2 is 1.92 bits per heavy atom. The van der Waals surface area contributed by atoms with E-state index in [0.29, 0.717) is 22.6 Å². The molecular formula is C27H27ClF3N5O3. The molecule has 8 nitrogen and oxygen atoms in total. The highest BCUT2D eigenvalue weighted by Gasteiger charge is 2.41. The van der Waals surface area contributed by atoms with E-state index in [0.717, 1.165) is 12.8 Å². The van der Waals surface area contributed by atoms with Gasteiger partial charge in [-0.25, -0.2) is 0 Å². The van der Waals surface area contributed by atoms with E-state index in [1.54, 1.807) is 47.4 Å². The summed E-state index contributed by atoms with van der Waals surface area (Å²) in [6.07, 6.45) is -4.58. The van der Waals surface area contributed by atoms with Crippen molar-refractivity contribution in [2.75, 3.05) is 16.8 Å². The first-order chi connectivity index (χ1) is 18.5. The average molecular weight is 562 g/mol. The maximum Gasteiger partial charge on any atom is 0.389 e. The summed E-state index contributed by atoms with van der Waals surface area (Å²) in [7, 11) is 0. The zero-order valence-electron chi connectivity index (χ0n) is 20.8. The Morgan fingerprint density at radius 1 is 1.21 bits per heavy atom. The molecule has 0 bridgehead atoms. The second-order valence-corrected chi connectivity index (χ2v) is 10.3. The van der Waals surface area contributed by atoms with E-state index in [4.69, 9.17) is 17.3 Å². The first-order valence-corrected chi connectivity index (χ1v) is 12.9. The lowest BCUT2D eigenvalue weighted by Gasteiger charge is -2.29. The number of hydrogen-bond acceptors (Lipinski definition) is 5. The number of amides is 3. The molecule has 1 heterocycles. The van der Waals surface area contributed by atoms with Gasteiger partial charge in [-0.2, -0.15) is 18.4 Å². The number of nitrogens with zero attached hydrogens (tertiary/aromatic N) is 2. The first kappa shape index (κ1) is 28.2. The van der Waals surface area contributed by atoms with E-state index in [1.807, 2.05) is 0 Å². The molecule has 2 aromatic rings. The van der Waals surface area contributed by atoms with Crippen molar-refractivity contribution in [2.24, 2.45) is 23.5 Å². The Hall–Kier alpha value is -3.78. The molecule has 0 aromatic heterocycles. The highest BCUT2D eigenvalue weighted by molar-refractivity contribution is 6.34. The summed E-state index contributed by atoms with van der Waals surface area (Å²) in [4.78, 5) is 40.7. The number of nitriles is 1. The molecular weight excluding hydrogens is 535 g/mol. The van der Waals surface area contributed by atoms with E-state index in [1.165, 1.54) is 0 Å². The lowest BCUT2D eigenvalue weighted by Crippen LogP contribution is -2.52. The number of nitrogens with one attached hydrogen (secondary N) is 2. The molecule has 3 amide bonds. The monoisotopic (exact) mass is 561 g/mol. The Labute approximate surface area is 228 Å². The van der Waals surface area contributed by atoms with E-state index >= 15 is 0 Å². The van der Waals surface area contributed by atoms with Crippen LogP contribution in [-0.2, 0) is 14.4 Å². The molecule has 3 atom stereocenters. The predicted molar refractivity (Wildman–Crippen MR) is 139 cm³/mol. The number of anilines is 3. The van der Waals surface area contributed by atoms with Gasteiger partial charge in [-0.3, -0.25) is 14.4 Å². The molecule has 0 unspecified atom stereocenters. The summed E-state index contributed by atoms with van der Waals surface area (Å²) in [6, 6.07) is 12.6. The van der Waals surface area contributed by atoms with Crippen LogP contribution in [-0.4, -0.2) is 36.5 Å². The van der Waals surface area contributed by atoms with Crippen LogP contribution >= 0.6 is 11.6 Å². The second kappa shape index (κ2) is 11.5. The van der Waals surface area contributed by atoms with E-state index in [-0.39, 0.29) is 23.9 Å². The maximum atomic E-state index is 13.5. The van der Waals surface area contributed by atoms with Gasteiger partial charge in [0.2, 0.25) is 17.7 Å². The smallest absolute Gasteiger partial charge is 0.369 e. The molecule has 0 spiro atoms. The van der Waals surface area contributed by atoms with Gasteiger partial charge in [-0.15, -0.1) is 0 Å². The fraction of sp³-hybridized carbons (Fsp3) is 0.407. The van der Waals surface area contributed by atoms with Crippen molar-refractivity contribution < 1.29 is 27.6 Å². The van der Waals surface area contributed by atoms with Crippen molar-refractivity contribution in [1.82, 2.24) is 5.32 Å². The quantitative estimate of drug-likeness (QED) is 0.411. The molecule has 206 valence electrons. The number of carbonyl (C=O) groups excluding carboxylic acids is 3. The summed E-state index contributed by atoms with van der Waals surface area (Å²) >= 11 is 6.38. The summed E-state index contributed by atoms with van der Waals surface area (Å²) < 4.78 is 38.9. The highest BCUT2D eigenvalue weighted by atomic mass is 35.5. The molecule has 39 heavy (non-hydrogen) atoms. The first-order valence-electron chi connectivity index (χ1n) is 12.5. The third kappa shape index (κ3) is 7.00. The number of carbonyl (C=O) groups is 3. The van der Waals surface area contributed by atoms with Crippen molar-refractivity contribution in [3.05, 3.63) is 53.1 Å². The number of rotatable bonds is 9. The Kier molecular flexibility index (Phi) is 8.35. The van der Waals surface area contributed by atoms with Gasteiger partial charge >= 0.3 is 6.18 Å². The lowest BCUT2D eigenvalue weighted by molar-refractivity contribution is -0.146. The van der Waals surface area contributed by atoms with Gasteiger partial charge in [0.1, 0.15) is 6.04 Å². The number of benzene rings is 2. The Morgan fingerprint density at radius 3 is 2.56 bits per heavy atom. The van der Waals surface area contributed by atoms with Crippen molar-refractivity contribution in [1.29, 1.82) is 5.26 Å². The summed E-state index contributed by atoms with van der Waals surface area (Å²) in [5, 5.41) is 15.0. The zero-order chi connectivity index (χ0) is 28.3. The molecule has 0 saturated heterocycles. The number of primary amides is 1. The summed E-state index contributed by atoms with van der Waals surface area (Å²) in [5.41, 5.74) is 7.23. The fourth-order valence-electron chi connectivity index (χ4n) is 4.84. The van der Waals surface area contributed by atoms with Gasteiger partial charge in [0, 0.05) is 23.9 Å². The molecule has 4 N–H and O–H groups in total.